The topological polar surface area (TPSA) is 63.7 Å². The van der Waals surface area contributed by atoms with Crippen LogP contribution in [0.1, 0.15) is 34.1 Å². The molecule has 1 aliphatic heterocycles. The second-order valence-corrected chi connectivity index (χ2v) is 6.73. The van der Waals surface area contributed by atoms with Crippen molar-refractivity contribution in [2.24, 2.45) is 0 Å². The highest BCUT2D eigenvalue weighted by molar-refractivity contribution is 6.12. The number of carbonyl (C=O) groups excluding carboxylic acids is 3. The second kappa shape index (κ2) is 7.27. The maximum absolute atomic E-state index is 13.0. The van der Waals surface area contributed by atoms with Crippen LogP contribution in [0, 0.1) is 0 Å². The Morgan fingerprint density at radius 3 is 2.46 bits per heavy atom. The summed E-state index contributed by atoms with van der Waals surface area (Å²) in [6.45, 7) is 1.49. The van der Waals surface area contributed by atoms with E-state index in [0.29, 0.717) is 17.7 Å². The predicted molar refractivity (Wildman–Crippen MR) is 105 cm³/mol. The lowest BCUT2D eigenvalue weighted by molar-refractivity contribution is -0.135. The number of nitrogens with zero attached hydrogens (tertiary/aromatic N) is 1. The number of ketones is 1. The van der Waals surface area contributed by atoms with E-state index in [1.165, 1.54) is 0 Å². The molecular weight excluding hydrogens is 354 g/mol. The summed E-state index contributed by atoms with van der Waals surface area (Å²) in [7, 11) is 0. The number of hydrogen-bond donors (Lipinski definition) is 0. The summed E-state index contributed by atoms with van der Waals surface area (Å²) in [5, 5.41) is 1.95. The van der Waals surface area contributed by atoms with Crippen molar-refractivity contribution in [1.82, 2.24) is 4.90 Å². The lowest BCUT2D eigenvalue weighted by atomic mass is 10.0. The summed E-state index contributed by atoms with van der Waals surface area (Å²) in [5.74, 6) is -0.918. The maximum atomic E-state index is 13.0. The van der Waals surface area contributed by atoms with E-state index in [1.54, 1.807) is 36.4 Å². The number of Topliss-reactive ketones (excluding diaryl/α,β-unsaturated/α-hetero) is 1. The van der Waals surface area contributed by atoms with E-state index in [-0.39, 0.29) is 17.9 Å². The van der Waals surface area contributed by atoms with E-state index in [0.717, 1.165) is 15.7 Å². The number of carbonyl (C=O) groups is 3. The minimum Gasteiger partial charge on any atom is -0.480 e. The quantitative estimate of drug-likeness (QED) is 0.515. The van der Waals surface area contributed by atoms with Crippen LogP contribution in [-0.4, -0.2) is 35.1 Å². The molecule has 0 saturated carbocycles. The standard InChI is InChI=1S/C23H19NO4/c1-2-20-23(27)24(22(26)18-9-5-6-10-21(18)28-20)14-19(25)17-12-11-15-7-3-4-8-16(15)13-17/h3-13,20H,2,14H2,1H3/t20-/m0/s1. The minimum absolute atomic E-state index is 0.290. The number of ether oxygens (including phenoxy) is 1. The largest absolute Gasteiger partial charge is 0.480 e. The number of hydrogen-bond acceptors (Lipinski definition) is 4. The van der Waals surface area contributed by atoms with Crippen molar-refractivity contribution in [2.75, 3.05) is 6.54 Å². The fourth-order valence-corrected chi connectivity index (χ4v) is 3.37. The predicted octanol–water partition coefficient (Wildman–Crippen LogP) is 3.86. The first kappa shape index (κ1) is 17.9. The lowest BCUT2D eigenvalue weighted by Gasteiger charge is -2.21. The third kappa shape index (κ3) is 3.16. The summed E-state index contributed by atoms with van der Waals surface area (Å²) in [6, 6.07) is 19.8. The van der Waals surface area contributed by atoms with Gasteiger partial charge in [0.2, 0.25) is 0 Å². The van der Waals surface area contributed by atoms with Crippen LogP contribution in [0.4, 0.5) is 0 Å². The molecule has 5 heteroatoms. The van der Waals surface area contributed by atoms with Crippen molar-refractivity contribution >= 4 is 28.4 Å². The molecule has 0 aliphatic carbocycles. The second-order valence-electron chi connectivity index (χ2n) is 6.73. The van der Waals surface area contributed by atoms with Gasteiger partial charge in [-0.25, -0.2) is 0 Å². The molecule has 4 rings (SSSR count). The summed E-state index contributed by atoms with van der Waals surface area (Å²) in [6.07, 6.45) is -0.391. The van der Waals surface area contributed by atoms with Gasteiger partial charge >= 0.3 is 0 Å². The number of fused-ring (bicyclic) bond motifs is 2. The van der Waals surface area contributed by atoms with Gasteiger partial charge in [-0.15, -0.1) is 0 Å². The normalized spacial score (nSPS) is 16.5. The van der Waals surface area contributed by atoms with Gasteiger partial charge in [-0.3, -0.25) is 19.3 Å². The van der Waals surface area contributed by atoms with Gasteiger partial charge in [0.15, 0.2) is 11.9 Å². The monoisotopic (exact) mass is 373 g/mol. The highest BCUT2D eigenvalue weighted by Crippen LogP contribution is 2.27. The first-order chi connectivity index (χ1) is 13.6. The molecule has 3 aromatic carbocycles. The first-order valence-corrected chi connectivity index (χ1v) is 9.22. The molecule has 140 valence electrons. The smallest absolute Gasteiger partial charge is 0.270 e. The third-order valence-electron chi connectivity index (χ3n) is 4.92. The van der Waals surface area contributed by atoms with Crippen molar-refractivity contribution in [3.8, 4) is 5.75 Å². The van der Waals surface area contributed by atoms with E-state index in [9.17, 15) is 14.4 Å². The lowest BCUT2D eigenvalue weighted by Crippen LogP contribution is -2.45. The Balaban J connectivity index is 1.67. The van der Waals surface area contributed by atoms with Gasteiger partial charge in [0, 0.05) is 5.56 Å². The number of para-hydroxylation sites is 1. The Labute approximate surface area is 162 Å². The Hall–Kier alpha value is -3.47. The molecule has 0 saturated heterocycles. The summed E-state index contributed by atoms with van der Waals surface area (Å²) < 4.78 is 5.74. The molecule has 1 atom stereocenters. The number of imide groups is 1. The van der Waals surface area contributed by atoms with Crippen molar-refractivity contribution in [3.05, 3.63) is 77.9 Å². The van der Waals surface area contributed by atoms with E-state index in [2.05, 4.69) is 0 Å². The SMILES string of the molecule is CC[C@@H]1Oc2ccccc2C(=O)N(CC(=O)c2ccc3ccccc3c2)C1=O. The van der Waals surface area contributed by atoms with Crippen LogP contribution in [0.2, 0.25) is 0 Å². The number of rotatable bonds is 4. The van der Waals surface area contributed by atoms with Crippen LogP contribution in [0.5, 0.6) is 5.75 Å². The molecule has 1 aliphatic rings. The van der Waals surface area contributed by atoms with E-state index >= 15 is 0 Å². The van der Waals surface area contributed by atoms with Crippen LogP contribution in [0.3, 0.4) is 0 Å². The van der Waals surface area contributed by atoms with Crippen LogP contribution < -0.4 is 4.74 Å². The van der Waals surface area contributed by atoms with Crippen LogP contribution in [0.15, 0.2) is 66.7 Å². The van der Waals surface area contributed by atoms with Crippen molar-refractivity contribution in [2.45, 2.75) is 19.4 Å². The van der Waals surface area contributed by atoms with Gasteiger partial charge in [0.05, 0.1) is 12.1 Å². The molecular formula is C23H19NO4. The van der Waals surface area contributed by atoms with Crippen molar-refractivity contribution in [1.29, 1.82) is 0 Å². The summed E-state index contributed by atoms with van der Waals surface area (Å²) in [5.41, 5.74) is 0.754. The Bertz CT molecular complexity index is 1090. The Morgan fingerprint density at radius 2 is 1.68 bits per heavy atom. The minimum atomic E-state index is -0.794. The fourth-order valence-electron chi connectivity index (χ4n) is 3.37. The first-order valence-electron chi connectivity index (χ1n) is 9.22. The van der Waals surface area contributed by atoms with Crippen molar-refractivity contribution < 1.29 is 19.1 Å². The van der Waals surface area contributed by atoms with Gasteiger partial charge in [-0.1, -0.05) is 55.5 Å². The van der Waals surface area contributed by atoms with Gasteiger partial charge in [0.1, 0.15) is 5.75 Å². The summed E-state index contributed by atoms with van der Waals surface area (Å²) >= 11 is 0. The van der Waals surface area contributed by atoms with Crippen molar-refractivity contribution in [3.63, 3.8) is 0 Å². The molecule has 2 amide bonds. The van der Waals surface area contributed by atoms with E-state index in [1.807, 2.05) is 37.3 Å². The fraction of sp³-hybridized carbons (Fsp3) is 0.174. The van der Waals surface area contributed by atoms with Gasteiger partial charge in [-0.2, -0.15) is 0 Å². The Morgan fingerprint density at radius 1 is 0.964 bits per heavy atom. The highest BCUT2D eigenvalue weighted by Gasteiger charge is 2.36. The van der Waals surface area contributed by atoms with E-state index < -0.39 is 17.9 Å². The van der Waals surface area contributed by atoms with Gasteiger partial charge in [0.25, 0.3) is 11.8 Å². The average molecular weight is 373 g/mol. The maximum Gasteiger partial charge on any atom is 0.270 e. The van der Waals surface area contributed by atoms with Crippen LogP contribution >= 0.6 is 0 Å². The summed E-state index contributed by atoms with van der Waals surface area (Å²) in [4.78, 5) is 39.7. The molecule has 0 aromatic heterocycles. The number of amides is 2. The molecule has 5 nitrogen and oxygen atoms in total. The molecule has 28 heavy (non-hydrogen) atoms. The molecule has 0 spiro atoms. The van der Waals surface area contributed by atoms with E-state index in [4.69, 9.17) is 4.74 Å². The van der Waals surface area contributed by atoms with Gasteiger partial charge in [-0.05, 0) is 35.4 Å². The molecule has 1 heterocycles. The van der Waals surface area contributed by atoms with Crippen LogP contribution in [0.25, 0.3) is 10.8 Å². The molecule has 3 aromatic rings. The zero-order valence-electron chi connectivity index (χ0n) is 15.4. The molecule has 0 N–H and O–H groups in total. The molecule has 0 bridgehead atoms. The molecule has 0 unspecified atom stereocenters. The molecule has 0 radical (unpaired) electrons. The molecule has 0 fully saturated rings. The zero-order chi connectivity index (χ0) is 19.7. The zero-order valence-corrected chi connectivity index (χ0v) is 15.4. The Kier molecular flexibility index (Phi) is 4.65. The third-order valence-corrected chi connectivity index (χ3v) is 4.92. The van der Waals surface area contributed by atoms with Crippen LogP contribution in [-0.2, 0) is 4.79 Å². The number of benzene rings is 3. The van der Waals surface area contributed by atoms with Gasteiger partial charge < -0.3 is 4.74 Å². The average Bonchev–Trinajstić information content (AvgIpc) is 2.83. The highest BCUT2D eigenvalue weighted by atomic mass is 16.5.